The van der Waals surface area contributed by atoms with Crippen molar-refractivity contribution in [2.75, 3.05) is 16.8 Å². The number of benzene rings is 2. The van der Waals surface area contributed by atoms with E-state index >= 15 is 0 Å². The molecular formula is C24H20FN3O6S. The number of nitrogens with zero attached hydrogens (tertiary/aromatic N) is 2. The van der Waals surface area contributed by atoms with Crippen LogP contribution in [0.25, 0.3) is 0 Å². The van der Waals surface area contributed by atoms with Crippen LogP contribution in [0.15, 0.2) is 60.0 Å². The number of hydrogen-bond donors (Lipinski definition) is 1. The van der Waals surface area contributed by atoms with Crippen molar-refractivity contribution in [3.63, 3.8) is 0 Å². The molecule has 1 N–H and O–H groups in total. The molecule has 2 aromatic carbocycles. The second-order valence-corrected chi connectivity index (χ2v) is 8.93. The number of aryl methyl sites for hydroxylation is 1. The fraction of sp³-hybridized carbons (Fsp3) is 0.208. The Labute approximate surface area is 203 Å². The molecule has 180 valence electrons. The number of anilines is 2. The number of halogens is 1. The number of nitro benzene ring substituents is 1. The standard InChI is InChI=1S/C24H20FN3O6S/c1-14-4-6-15(7-5-14)27-22(30)12-17(23(27)20-3-2-10-35-20)24(31)34-13-21(29)26-19-11-16(28(32)33)8-9-18(19)25/h2-11,17,23H,12-13H2,1H3,(H,26,29). The molecule has 1 aliphatic rings. The van der Waals surface area contributed by atoms with Crippen LogP contribution >= 0.6 is 11.3 Å². The van der Waals surface area contributed by atoms with Gasteiger partial charge in [0.25, 0.3) is 11.6 Å². The minimum absolute atomic E-state index is 0.101. The van der Waals surface area contributed by atoms with Gasteiger partial charge in [0.2, 0.25) is 5.91 Å². The van der Waals surface area contributed by atoms with Gasteiger partial charge >= 0.3 is 5.97 Å². The summed E-state index contributed by atoms with van der Waals surface area (Å²) in [6.07, 6.45) is -0.101. The van der Waals surface area contributed by atoms with Crippen LogP contribution in [0.3, 0.4) is 0 Å². The molecule has 1 saturated heterocycles. The molecule has 2 unspecified atom stereocenters. The van der Waals surface area contributed by atoms with Crippen LogP contribution in [-0.2, 0) is 19.1 Å². The number of carbonyl (C=O) groups excluding carboxylic acids is 3. The van der Waals surface area contributed by atoms with E-state index in [-0.39, 0.29) is 12.3 Å². The van der Waals surface area contributed by atoms with E-state index in [9.17, 15) is 28.9 Å². The second kappa shape index (κ2) is 10.0. The van der Waals surface area contributed by atoms with Gasteiger partial charge in [0.05, 0.1) is 22.6 Å². The summed E-state index contributed by atoms with van der Waals surface area (Å²) in [7, 11) is 0. The Hall–Kier alpha value is -4.12. The molecule has 1 aromatic heterocycles. The smallest absolute Gasteiger partial charge is 0.312 e. The third kappa shape index (κ3) is 5.19. The maximum Gasteiger partial charge on any atom is 0.312 e. The zero-order valence-electron chi connectivity index (χ0n) is 18.5. The zero-order chi connectivity index (χ0) is 25.1. The van der Waals surface area contributed by atoms with Gasteiger partial charge in [0, 0.05) is 29.1 Å². The van der Waals surface area contributed by atoms with Crippen molar-refractivity contribution in [3.8, 4) is 0 Å². The summed E-state index contributed by atoms with van der Waals surface area (Å²) < 4.78 is 19.1. The topological polar surface area (TPSA) is 119 Å². The van der Waals surface area contributed by atoms with Crippen molar-refractivity contribution < 1.29 is 28.4 Å². The Balaban J connectivity index is 1.48. The van der Waals surface area contributed by atoms with Gasteiger partial charge in [-0.15, -0.1) is 11.3 Å². The van der Waals surface area contributed by atoms with E-state index in [1.165, 1.54) is 11.3 Å². The van der Waals surface area contributed by atoms with Crippen LogP contribution in [-0.4, -0.2) is 29.3 Å². The molecule has 0 spiro atoms. The molecule has 9 nitrogen and oxygen atoms in total. The number of ether oxygens (including phenoxy) is 1. The first-order valence-electron chi connectivity index (χ1n) is 10.6. The predicted octanol–water partition coefficient (Wildman–Crippen LogP) is 4.38. The fourth-order valence-corrected chi connectivity index (χ4v) is 4.77. The summed E-state index contributed by atoms with van der Waals surface area (Å²) in [5, 5.41) is 14.9. The van der Waals surface area contributed by atoms with Gasteiger partial charge in [-0.05, 0) is 36.6 Å². The molecule has 0 bridgehead atoms. The molecule has 1 fully saturated rings. The molecule has 1 aliphatic heterocycles. The van der Waals surface area contributed by atoms with Crippen LogP contribution in [0.5, 0.6) is 0 Å². The Morgan fingerprint density at radius 2 is 1.97 bits per heavy atom. The van der Waals surface area contributed by atoms with Crippen molar-refractivity contribution in [2.45, 2.75) is 19.4 Å². The van der Waals surface area contributed by atoms with Crippen LogP contribution in [0, 0.1) is 28.8 Å². The van der Waals surface area contributed by atoms with Gasteiger partial charge in [0.15, 0.2) is 6.61 Å². The molecule has 0 radical (unpaired) electrons. The van der Waals surface area contributed by atoms with Crippen molar-refractivity contribution in [1.82, 2.24) is 0 Å². The molecule has 2 heterocycles. The summed E-state index contributed by atoms with van der Waals surface area (Å²) in [6.45, 7) is 1.18. The Morgan fingerprint density at radius 1 is 1.23 bits per heavy atom. The average Bonchev–Trinajstić information content (AvgIpc) is 3.47. The third-order valence-corrected chi connectivity index (χ3v) is 6.50. The van der Waals surface area contributed by atoms with Gasteiger partial charge in [-0.3, -0.25) is 24.5 Å². The number of nitro groups is 1. The maximum atomic E-state index is 13.9. The van der Waals surface area contributed by atoms with Gasteiger partial charge < -0.3 is 15.0 Å². The van der Waals surface area contributed by atoms with E-state index in [4.69, 9.17) is 4.74 Å². The van der Waals surface area contributed by atoms with Crippen LogP contribution in [0.1, 0.15) is 22.9 Å². The van der Waals surface area contributed by atoms with E-state index < -0.39 is 52.6 Å². The molecule has 2 amide bonds. The highest BCUT2D eigenvalue weighted by atomic mass is 32.1. The minimum Gasteiger partial charge on any atom is -0.455 e. The largest absolute Gasteiger partial charge is 0.455 e. The van der Waals surface area contributed by atoms with Gasteiger partial charge in [0.1, 0.15) is 5.82 Å². The molecular weight excluding hydrogens is 477 g/mol. The second-order valence-electron chi connectivity index (χ2n) is 7.95. The highest BCUT2D eigenvalue weighted by molar-refractivity contribution is 7.10. The Bertz CT molecular complexity index is 1280. The van der Waals surface area contributed by atoms with Crippen molar-refractivity contribution in [1.29, 1.82) is 0 Å². The molecule has 2 atom stereocenters. The number of esters is 1. The lowest BCUT2D eigenvalue weighted by atomic mass is 9.99. The number of non-ortho nitro benzene ring substituents is 1. The lowest BCUT2D eigenvalue weighted by Gasteiger charge is -2.27. The lowest BCUT2D eigenvalue weighted by Crippen LogP contribution is -2.31. The Kier molecular flexibility index (Phi) is 6.87. The van der Waals surface area contributed by atoms with Gasteiger partial charge in [-0.2, -0.15) is 0 Å². The monoisotopic (exact) mass is 497 g/mol. The number of nitrogens with one attached hydrogen (secondary N) is 1. The lowest BCUT2D eigenvalue weighted by molar-refractivity contribution is -0.384. The number of thiophene rings is 1. The Morgan fingerprint density at radius 3 is 2.63 bits per heavy atom. The minimum atomic E-state index is -0.872. The quantitative estimate of drug-likeness (QED) is 0.294. The summed E-state index contributed by atoms with van der Waals surface area (Å²) in [5.74, 6) is -3.60. The predicted molar refractivity (Wildman–Crippen MR) is 126 cm³/mol. The number of carbonyl (C=O) groups is 3. The fourth-order valence-electron chi connectivity index (χ4n) is 3.89. The van der Waals surface area contributed by atoms with E-state index in [0.29, 0.717) is 5.69 Å². The first-order chi connectivity index (χ1) is 16.7. The molecule has 4 rings (SSSR count). The molecule has 0 aliphatic carbocycles. The van der Waals surface area contributed by atoms with Crippen LogP contribution < -0.4 is 10.2 Å². The third-order valence-electron chi connectivity index (χ3n) is 5.55. The van der Waals surface area contributed by atoms with Gasteiger partial charge in [-0.1, -0.05) is 23.8 Å². The number of hydrogen-bond acceptors (Lipinski definition) is 7. The van der Waals surface area contributed by atoms with E-state index in [1.54, 1.807) is 4.90 Å². The maximum absolute atomic E-state index is 13.9. The summed E-state index contributed by atoms with van der Waals surface area (Å²) >= 11 is 1.40. The van der Waals surface area contributed by atoms with Gasteiger partial charge in [-0.25, -0.2) is 4.39 Å². The SMILES string of the molecule is Cc1ccc(N2C(=O)CC(C(=O)OCC(=O)Nc3cc([N+](=O)[O-])ccc3F)C2c2cccs2)cc1. The summed E-state index contributed by atoms with van der Waals surface area (Å²) in [4.78, 5) is 50.7. The first kappa shape index (κ1) is 24.0. The van der Waals surface area contributed by atoms with E-state index in [1.807, 2.05) is 48.7 Å². The number of rotatable bonds is 7. The summed E-state index contributed by atoms with van der Waals surface area (Å²) in [6, 6.07) is 13.1. The van der Waals surface area contributed by atoms with Crippen molar-refractivity contribution >= 4 is 46.2 Å². The average molecular weight is 498 g/mol. The molecule has 11 heteroatoms. The van der Waals surface area contributed by atoms with Crippen LogP contribution in [0.4, 0.5) is 21.5 Å². The van der Waals surface area contributed by atoms with E-state index in [0.717, 1.165) is 28.6 Å². The molecule has 0 saturated carbocycles. The zero-order valence-corrected chi connectivity index (χ0v) is 19.3. The van der Waals surface area contributed by atoms with Crippen LogP contribution in [0.2, 0.25) is 0 Å². The van der Waals surface area contributed by atoms with E-state index in [2.05, 4.69) is 5.32 Å². The van der Waals surface area contributed by atoms with Crippen molar-refractivity contribution in [2.24, 2.45) is 5.92 Å². The van der Waals surface area contributed by atoms with Crippen molar-refractivity contribution in [3.05, 3.63) is 86.3 Å². The highest BCUT2D eigenvalue weighted by Crippen LogP contribution is 2.43. The highest BCUT2D eigenvalue weighted by Gasteiger charge is 2.46. The normalized spacial score (nSPS) is 17.3. The molecule has 35 heavy (non-hydrogen) atoms. The first-order valence-corrected chi connectivity index (χ1v) is 11.4. The molecule has 3 aromatic rings. The number of amides is 2. The summed E-state index contributed by atoms with van der Waals surface area (Å²) in [5.41, 5.74) is 0.861.